The summed E-state index contributed by atoms with van der Waals surface area (Å²) in [7, 11) is 0. The minimum absolute atomic E-state index is 0.285. The molecule has 3 nitrogen and oxygen atoms in total. The predicted molar refractivity (Wildman–Crippen MR) is 73.2 cm³/mol. The molecule has 0 radical (unpaired) electrons. The van der Waals surface area contributed by atoms with Crippen LogP contribution in [0, 0.1) is 5.41 Å². The number of nitrogens with zero attached hydrogens (tertiary/aromatic N) is 1. The first-order valence-corrected chi connectivity index (χ1v) is 7.14. The van der Waals surface area contributed by atoms with Crippen LogP contribution >= 0.6 is 0 Å². The summed E-state index contributed by atoms with van der Waals surface area (Å²) >= 11 is 0. The smallest absolute Gasteiger partial charge is 0.0586 e. The Morgan fingerprint density at radius 1 is 1.29 bits per heavy atom. The lowest BCUT2D eigenvalue weighted by Crippen LogP contribution is -2.46. The number of likely N-dealkylation sites (tertiary alicyclic amines) is 1. The highest BCUT2D eigenvalue weighted by molar-refractivity contribution is 4.82. The maximum absolute atomic E-state index is 9.50. The lowest BCUT2D eigenvalue weighted by Gasteiger charge is -2.36. The Labute approximate surface area is 107 Å². The van der Waals surface area contributed by atoms with Crippen LogP contribution in [0.2, 0.25) is 0 Å². The van der Waals surface area contributed by atoms with Crippen molar-refractivity contribution in [2.24, 2.45) is 5.41 Å². The van der Waals surface area contributed by atoms with Crippen molar-refractivity contribution in [3.05, 3.63) is 0 Å². The van der Waals surface area contributed by atoms with Crippen LogP contribution in [0.25, 0.3) is 0 Å². The zero-order valence-electron chi connectivity index (χ0n) is 11.8. The normalized spacial score (nSPS) is 23.6. The quantitative estimate of drug-likeness (QED) is 0.746. The second kappa shape index (κ2) is 7.34. The molecular weight excluding hydrogens is 212 g/mol. The highest BCUT2D eigenvalue weighted by atomic mass is 16.3. The van der Waals surface area contributed by atoms with Crippen molar-refractivity contribution >= 4 is 0 Å². The molecule has 1 atom stereocenters. The average Bonchev–Trinajstić information content (AvgIpc) is 2.51. The van der Waals surface area contributed by atoms with Gasteiger partial charge in [0.15, 0.2) is 0 Å². The molecule has 1 aliphatic rings. The van der Waals surface area contributed by atoms with E-state index in [-0.39, 0.29) is 5.41 Å². The summed E-state index contributed by atoms with van der Waals surface area (Å²) in [5.41, 5.74) is 0.285. The number of rotatable bonds is 6. The van der Waals surface area contributed by atoms with E-state index in [0.29, 0.717) is 12.6 Å². The number of aliphatic hydroxyl groups is 1. The third-order valence-corrected chi connectivity index (χ3v) is 3.69. The zero-order chi connectivity index (χ0) is 12.7. The van der Waals surface area contributed by atoms with Crippen LogP contribution in [0.1, 0.15) is 46.5 Å². The molecule has 1 unspecified atom stereocenters. The van der Waals surface area contributed by atoms with Gasteiger partial charge in [-0.3, -0.25) is 4.90 Å². The number of hydrogen-bond acceptors (Lipinski definition) is 3. The van der Waals surface area contributed by atoms with E-state index in [0.717, 1.165) is 32.6 Å². The SMILES string of the molecule is CCNCC(C)(C)CN1CCCCCC1CO. The molecule has 1 heterocycles. The van der Waals surface area contributed by atoms with Crippen LogP contribution in [0.5, 0.6) is 0 Å². The molecule has 0 aromatic heterocycles. The molecule has 17 heavy (non-hydrogen) atoms. The van der Waals surface area contributed by atoms with Crippen LogP contribution in [-0.4, -0.2) is 48.8 Å². The van der Waals surface area contributed by atoms with Gasteiger partial charge in [-0.2, -0.15) is 0 Å². The second-order valence-electron chi connectivity index (χ2n) is 6.10. The topological polar surface area (TPSA) is 35.5 Å². The maximum atomic E-state index is 9.50. The van der Waals surface area contributed by atoms with Crippen molar-refractivity contribution in [2.75, 3.05) is 32.8 Å². The van der Waals surface area contributed by atoms with E-state index < -0.39 is 0 Å². The first-order valence-electron chi connectivity index (χ1n) is 7.14. The van der Waals surface area contributed by atoms with Gasteiger partial charge in [-0.1, -0.05) is 33.6 Å². The van der Waals surface area contributed by atoms with Crippen LogP contribution in [0.4, 0.5) is 0 Å². The van der Waals surface area contributed by atoms with Gasteiger partial charge >= 0.3 is 0 Å². The lowest BCUT2D eigenvalue weighted by atomic mass is 9.91. The molecular formula is C14H30N2O. The van der Waals surface area contributed by atoms with E-state index in [2.05, 4.69) is 31.0 Å². The summed E-state index contributed by atoms with van der Waals surface area (Å²) < 4.78 is 0. The molecule has 0 aromatic rings. The summed E-state index contributed by atoms with van der Waals surface area (Å²) in [4.78, 5) is 2.50. The molecule has 1 fully saturated rings. The average molecular weight is 242 g/mol. The molecule has 1 aliphatic heterocycles. The molecule has 0 amide bonds. The van der Waals surface area contributed by atoms with Gasteiger partial charge in [0.1, 0.15) is 0 Å². The van der Waals surface area contributed by atoms with Gasteiger partial charge in [-0.15, -0.1) is 0 Å². The van der Waals surface area contributed by atoms with Crippen molar-refractivity contribution in [3.63, 3.8) is 0 Å². The standard InChI is InChI=1S/C14H30N2O/c1-4-15-11-14(2,3)12-16-9-7-5-6-8-13(16)10-17/h13,15,17H,4-12H2,1-3H3. The Bertz CT molecular complexity index is 206. The van der Waals surface area contributed by atoms with E-state index in [4.69, 9.17) is 0 Å². The maximum Gasteiger partial charge on any atom is 0.0586 e. The van der Waals surface area contributed by atoms with E-state index in [9.17, 15) is 5.11 Å². The lowest BCUT2D eigenvalue weighted by molar-refractivity contribution is 0.0864. The van der Waals surface area contributed by atoms with Crippen LogP contribution in [-0.2, 0) is 0 Å². The van der Waals surface area contributed by atoms with Gasteiger partial charge < -0.3 is 10.4 Å². The van der Waals surface area contributed by atoms with Gasteiger partial charge in [0.05, 0.1) is 6.61 Å². The molecule has 1 saturated heterocycles. The van der Waals surface area contributed by atoms with Crippen molar-refractivity contribution < 1.29 is 5.11 Å². The molecule has 0 aromatic carbocycles. The van der Waals surface area contributed by atoms with Gasteiger partial charge in [-0.25, -0.2) is 0 Å². The number of aliphatic hydroxyl groups excluding tert-OH is 1. The van der Waals surface area contributed by atoms with Gasteiger partial charge in [0.2, 0.25) is 0 Å². The fourth-order valence-corrected chi connectivity index (χ4v) is 2.72. The minimum atomic E-state index is 0.285. The van der Waals surface area contributed by atoms with Crippen molar-refractivity contribution in [2.45, 2.75) is 52.5 Å². The predicted octanol–water partition coefficient (Wildman–Crippen LogP) is 1.86. The van der Waals surface area contributed by atoms with E-state index in [1.54, 1.807) is 0 Å². The molecule has 102 valence electrons. The Morgan fingerprint density at radius 3 is 2.71 bits per heavy atom. The molecule has 3 heteroatoms. The van der Waals surface area contributed by atoms with E-state index in [1.165, 1.54) is 19.3 Å². The van der Waals surface area contributed by atoms with Gasteiger partial charge in [-0.05, 0) is 31.3 Å². The minimum Gasteiger partial charge on any atom is -0.395 e. The van der Waals surface area contributed by atoms with Crippen LogP contribution < -0.4 is 5.32 Å². The molecule has 1 rings (SSSR count). The molecule has 0 spiro atoms. The fourth-order valence-electron chi connectivity index (χ4n) is 2.72. The molecule has 0 aliphatic carbocycles. The van der Waals surface area contributed by atoms with Crippen LogP contribution in [0.3, 0.4) is 0 Å². The highest BCUT2D eigenvalue weighted by Gasteiger charge is 2.26. The van der Waals surface area contributed by atoms with Gasteiger partial charge in [0.25, 0.3) is 0 Å². The third-order valence-electron chi connectivity index (χ3n) is 3.69. The zero-order valence-corrected chi connectivity index (χ0v) is 11.8. The van der Waals surface area contributed by atoms with E-state index in [1.807, 2.05) is 0 Å². The fraction of sp³-hybridized carbons (Fsp3) is 1.00. The molecule has 0 saturated carbocycles. The van der Waals surface area contributed by atoms with E-state index >= 15 is 0 Å². The van der Waals surface area contributed by atoms with Crippen molar-refractivity contribution in [1.29, 1.82) is 0 Å². The largest absolute Gasteiger partial charge is 0.395 e. The summed E-state index contributed by atoms with van der Waals surface area (Å²) in [6, 6.07) is 0.387. The first kappa shape index (κ1) is 14.9. The van der Waals surface area contributed by atoms with Crippen molar-refractivity contribution in [3.8, 4) is 0 Å². The summed E-state index contributed by atoms with van der Waals surface area (Å²) in [5.74, 6) is 0. The number of hydrogen-bond donors (Lipinski definition) is 2. The summed E-state index contributed by atoms with van der Waals surface area (Å²) in [5, 5.41) is 12.9. The Balaban J connectivity index is 2.50. The second-order valence-corrected chi connectivity index (χ2v) is 6.10. The Morgan fingerprint density at radius 2 is 2.06 bits per heavy atom. The molecule has 2 N–H and O–H groups in total. The van der Waals surface area contributed by atoms with Crippen LogP contribution in [0.15, 0.2) is 0 Å². The van der Waals surface area contributed by atoms with Gasteiger partial charge in [0, 0.05) is 19.1 Å². The Hall–Kier alpha value is -0.120. The third kappa shape index (κ3) is 5.36. The highest BCUT2D eigenvalue weighted by Crippen LogP contribution is 2.22. The van der Waals surface area contributed by atoms with Crippen molar-refractivity contribution in [1.82, 2.24) is 10.2 Å². The monoisotopic (exact) mass is 242 g/mol. The molecule has 0 bridgehead atoms. The summed E-state index contributed by atoms with van der Waals surface area (Å²) in [6.45, 7) is 11.4. The summed E-state index contributed by atoms with van der Waals surface area (Å²) in [6.07, 6.45) is 5.04. The first-order chi connectivity index (χ1) is 8.09. The number of nitrogens with one attached hydrogen (secondary N) is 1. The Kier molecular flexibility index (Phi) is 6.45.